The molecule has 9 heteroatoms. The van der Waals surface area contributed by atoms with Crippen molar-refractivity contribution in [2.45, 2.75) is 17.7 Å². The molecule has 1 aromatic carbocycles. The second-order valence-corrected chi connectivity index (χ2v) is 7.44. The Morgan fingerprint density at radius 2 is 2.17 bits per heavy atom. The molecule has 0 amide bonds. The van der Waals surface area contributed by atoms with Crippen LogP contribution in [0.3, 0.4) is 0 Å². The second kappa shape index (κ2) is 8.75. The van der Waals surface area contributed by atoms with E-state index < -0.39 is 27.4 Å². The lowest BCUT2D eigenvalue weighted by Crippen LogP contribution is -2.42. The third kappa shape index (κ3) is 4.24. The van der Waals surface area contributed by atoms with E-state index in [1.165, 1.54) is 16.4 Å². The molecule has 24 heavy (non-hydrogen) atoms. The fraction of sp³-hybridized carbons (Fsp3) is 0.533. The molecule has 1 aromatic rings. The van der Waals surface area contributed by atoms with Gasteiger partial charge in [0, 0.05) is 13.1 Å². The van der Waals surface area contributed by atoms with Gasteiger partial charge in [-0.15, -0.1) is 12.4 Å². The molecule has 0 aliphatic carbocycles. The molecule has 136 valence electrons. The highest BCUT2D eigenvalue weighted by Gasteiger charge is 2.34. The minimum Gasteiger partial charge on any atom is -0.465 e. The van der Waals surface area contributed by atoms with E-state index >= 15 is 0 Å². The van der Waals surface area contributed by atoms with Crippen LogP contribution in [0, 0.1) is 11.7 Å². The molecule has 0 radical (unpaired) electrons. The Morgan fingerprint density at radius 1 is 1.46 bits per heavy atom. The largest absolute Gasteiger partial charge is 0.465 e. The number of rotatable bonds is 5. The van der Waals surface area contributed by atoms with Crippen molar-refractivity contribution >= 4 is 28.4 Å². The van der Waals surface area contributed by atoms with Crippen molar-refractivity contribution in [3.05, 3.63) is 29.6 Å². The van der Waals surface area contributed by atoms with Gasteiger partial charge in [0.15, 0.2) is 0 Å². The standard InChI is InChI=1S/C15H21FN2O4S.ClH/c1-17-9-11-5-4-8-18(10-11)23(20,21)13-7-3-6-12(16)14(13)15(19)22-2;/h3,6-7,11,17H,4-5,8-10H2,1-2H3;1H. The molecule has 2 rings (SSSR count). The monoisotopic (exact) mass is 380 g/mol. The van der Waals surface area contributed by atoms with E-state index in [0.717, 1.165) is 26.0 Å². The smallest absolute Gasteiger partial charge is 0.342 e. The van der Waals surface area contributed by atoms with E-state index in [-0.39, 0.29) is 23.2 Å². The molecule has 1 N–H and O–H groups in total. The van der Waals surface area contributed by atoms with Crippen molar-refractivity contribution in [2.24, 2.45) is 5.92 Å². The van der Waals surface area contributed by atoms with Crippen LogP contribution < -0.4 is 5.32 Å². The molecule has 0 bridgehead atoms. The first-order valence-corrected chi connectivity index (χ1v) is 8.87. The lowest BCUT2D eigenvalue weighted by Gasteiger charge is -2.32. The molecule has 1 unspecified atom stereocenters. The molecule has 1 atom stereocenters. The van der Waals surface area contributed by atoms with Gasteiger partial charge in [-0.25, -0.2) is 17.6 Å². The number of nitrogens with zero attached hydrogens (tertiary/aromatic N) is 1. The summed E-state index contributed by atoms with van der Waals surface area (Å²) in [5.74, 6) is -1.70. The number of hydrogen-bond donors (Lipinski definition) is 1. The number of piperidine rings is 1. The molecule has 1 aliphatic rings. The van der Waals surface area contributed by atoms with E-state index in [1.807, 2.05) is 7.05 Å². The van der Waals surface area contributed by atoms with Gasteiger partial charge >= 0.3 is 5.97 Å². The number of benzene rings is 1. The van der Waals surface area contributed by atoms with Crippen LogP contribution in [0.2, 0.25) is 0 Å². The molecule has 1 saturated heterocycles. The van der Waals surface area contributed by atoms with Gasteiger partial charge in [-0.05, 0) is 44.5 Å². The fourth-order valence-electron chi connectivity index (χ4n) is 2.86. The third-order valence-electron chi connectivity index (χ3n) is 3.96. The minimum absolute atomic E-state index is 0. The predicted molar refractivity (Wildman–Crippen MR) is 90.4 cm³/mol. The fourth-order valence-corrected chi connectivity index (χ4v) is 4.60. The molecule has 1 fully saturated rings. The van der Waals surface area contributed by atoms with Gasteiger partial charge in [-0.1, -0.05) is 6.07 Å². The first-order valence-electron chi connectivity index (χ1n) is 7.43. The first-order chi connectivity index (χ1) is 10.9. The summed E-state index contributed by atoms with van der Waals surface area (Å²) in [5, 5.41) is 3.04. The van der Waals surface area contributed by atoms with Gasteiger partial charge < -0.3 is 10.1 Å². The van der Waals surface area contributed by atoms with Crippen molar-refractivity contribution in [3.8, 4) is 0 Å². The summed E-state index contributed by atoms with van der Waals surface area (Å²) in [6, 6.07) is 3.57. The number of hydrogen-bond acceptors (Lipinski definition) is 5. The minimum atomic E-state index is -3.96. The van der Waals surface area contributed by atoms with Gasteiger partial charge in [0.05, 0.1) is 12.0 Å². The van der Waals surface area contributed by atoms with E-state index in [4.69, 9.17) is 0 Å². The number of carbonyl (C=O) groups excluding carboxylic acids is 1. The SMILES string of the molecule is CNCC1CCCN(S(=O)(=O)c2cccc(F)c2C(=O)OC)C1.Cl. The average Bonchev–Trinajstić information content (AvgIpc) is 2.54. The number of carbonyl (C=O) groups is 1. The Bertz CT molecular complexity index is 682. The maximum Gasteiger partial charge on any atom is 0.342 e. The van der Waals surface area contributed by atoms with Crippen molar-refractivity contribution < 1.29 is 22.3 Å². The van der Waals surface area contributed by atoms with Crippen LogP contribution >= 0.6 is 12.4 Å². The van der Waals surface area contributed by atoms with E-state index in [0.29, 0.717) is 19.6 Å². The van der Waals surface area contributed by atoms with E-state index in [2.05, 4.69) is 10.1 Å². The zero-order chi connectivity index (χ0) is 17.0. The quantitative estimate of drug-likeness (QED) is 0.786. The topological polar surface area (TPSA) is 75.7 Å². The van der Waals surface area contributed by atoms with Gasteiger partial charge in [0.2, 0.25) is 10.0 Å². The maximum absolute atomic E-state index is 14.0. The van der Waals surface area contributed by atoms with Crippen molar-refractivity contribution in [1.82, 2.24) is 9.62 Å². The highest BCUT2D eigenvalue weighted by Crippen LogP contribution is 2.27. The first kappa shape index (κ1) is 20.8. The van der Waals surface area contributed by atoms with Crippen molar-refractivity contribution in [2.75, 3.05) is 33.8 Å². The van der Waals surface area contributed by atoms with Crippen LogP contribution in [-0.4, -0.2) is 52.5 Å². The van der Waals surface area contributed by atoms with Crippen LogP contribution in [-0.2, 0) is 14.8 Å². The maximum atomic E-state index is 14.0. The molecular formula is C15H22ClFN2O4S. The lowest BCUT2D eigenvalue weighted by molar-refractivity contribution is 0.0590. The van der Waals surface area contributed by atoms with Gasteiger partial charge in [-0.2, -0.15) is 4.31 Å². The Balaban J connectivity index is 0.00000288. The zero-order valence-electron chi connectivity index (χ0n) is 13.6. The summed E-state index contributed by atoms with van der Waals surface area (Å²) >= 11 is 0. The molecule has 0 saturated carbocycles. The molecule has 0 spiro atoms. The normalized spacial score (nSPS) is 18.7. The Morgan fingerprint density at radius 3 is 2.79 bits per heavy atom. The zero-order valence-corrected chi connectivity index (χ0v) is 15.3. The molecule has 1 aliphatic heterocycles. The summed E-state index contributed by atoms with van der Waals surface area (Å²) in [7, 11) is -1.05. The number of esters is 1. The number of methoxy groups -OCH3 is 1. The van der Waals surface area contributed by atoms with Gasteiger partial charge in [0.25, 0.3) is 0 Å². The summed E-state index contributed by atoms with van der Waals surface area (Å²) < 4.78 is 45.6. The number of sulfonamides is 1. The highest BCUT2D eigenvalue weighted by atomic mass is 35.5. The van der Waals surface area contributed by atoms with Crippen LogP contribution in [0.1, 0.15) is 23.2 Å². The van der Waals surface area contributed by atoms with Gasteiger partial charge in [-0.3, -0.25) is 0 Å². The summed E-state index contributed by atoms with van der Waals surface area (Å²) in [6.45, 7) is 1.42. The van der Waals surface area contributed by atoms with Crippen LogP contribution in [0.4, 0.5) is 4.39 Å². The summed E-state index contributed by atoms with van der Waals surface area (Å²) in [5.41, 5.74) is -0.536. The Hall–Kier alpha value is -1.22. The Labute approximate surface area is 147 Å². The highest BCUT2D eigenvalue weighted by molar-refractivity contribution is 7.89. The molecule has 0 aromatic heterocycles. The van der Waals surface area contributed by atoms with Crippen LogP contribution in [0.5, 0.6) is 0 Å². The Kier molecular flexibility index (Phi) is 7.59. The van der Waals surface area contributed by atoms with Gasteiger partial charge in [0.1, 0.15) is 11.4 Å². The second-order valence-electron chi connectivity index (χ2n) is 5.53. The van der Waals surface area contributed by atoms with E-state index in [9.17, 15) is 17.6 Å². The summed E-state index contributed by atoms with van der Waals surface area (Å²) in [6.07, 6.45) is 1.66. The van der Waals surface area contributed by atoms with Crippen molar-refractivity contribution in [3.63, 3.8) is 0 Å². The molecule has 6 nitrogen and oxygen atoms in total. The molecular weight excluding hydrogens is 359 g/mol. The predicted octanol–water partition coefficient (Wildman–Crippen LogP) is 1.65. The lowest BCUT2D eigenvalue weighted by atomic mass is 10.00. The van der Waals surface area contributed by atoms with Crippen LogP contribution in [0.15, 0.2) is 23.1 Å². The van der Waals surface area contributed by atoms with Crippen LogP contribution in [0.25, 0.3) is 0 Å². The number of nitrogens with one attached hydrogen (secondary N) is 1. The third-order valence-corrected chi connectivity index (χ3v) is 5.86. The molecule has 1 heterocycles. The average molecular weight is 381 g/mol. The summed E-state index contributed by atoms with van der Waals surface area (Å²) in [4.78, 5) is 11.5. The number of halogens is 2. The number of ether oxygens (including phenoxy) is 1. The van der Waals surface area contributed by atoms with E-state index in [1.54, 1.807) is 0 Å². The van der Waals surface area contributed by atoms with Crippen molar-refractivity contribution in [1.29, 1.82) is 0 Å².